The van der Waals surface area contributed by atoms with E-state index in [1.807, 2.05) is 0 Å². The van der Waals surface area contributed by atoms with Crippen LogP contribution in [0.25, 0.3) is 16.8 Å². The minimum atomic E-state index is -0.245. The highest BCUT2D eigenvalue weighted by molar-refractivity contribution is 5.74. The lowest BCUT2D eigenvalue weighted by Gasteiger charge is -2.05. The lowest BCUT2D eigenvalue weighted by Crippen LogP contribution is -2.22. The third kappa shape index (κ3) is 1.54. The molecule has 3 aromatic rings. The first-order chi connectivity index (χ1) is 8.81. The number of aliphatic hydroxyl groups is 1. The summed E-state index contributed by atoms with van der Waals surface area (Å²) in [4.78, 5) is 16.0. The van der Waals surface area contributed by atoms with Gasteiger partial charge in [-0.25, -0.2) is 0 Å². The molecule has 0 aliphatic heterocycles. The number of fused-ring (bicyclic) bond motifs is 3. The fourth-order valence-corrected chi connectivity index (χ4v) is 1.80. The summed E-state index contributed by atoms with van der Waals surface area (Å²) in [6, 6.07) is 1.74. The van der Waals surface area contributed by atoms with Gasteiger partial charge in [0.05, 0.1) is 0 Å². The highest BCUT2D eigenvalue weighted by Crippen LogP contribution is 2.06. The number of aromatic nitrogens is 6. The second-order valence-corrected chi connectivity index (χ2v) is 3.80. The Balaban J connectivity index is 2.25. The first kappa shape index (κ1) is 10.8. The molecule has 8 nitrogen and oxygen atoms in total. The fourth-order valence-electron chi connectivity index (χ4n) is 1.80. The zero-order valence-corrected chi connectivity index (χ0v) is 9.39. The van der Waals surface area contributed by atoms with E-state index in [4.69, 9.17) is 5.11 Å². The summed E-state index contributed by atoms with van der Waals surface area (Å²) in [5.41, 5.74) is 0.571. The van der Waals surface area contributed by atoms with Gasteiger partial charge in [-0.3, -0.25) is 4.79 Å². The molecule has 3 aromatic heterocycles. The van der Waals surface area contributed by atoms with Crippen LogP contribution in [0.3, 0.4) is 0 Å². The van der Waals surface area contributed by atoms with E-state index in [9.17, 15) is 4.79 Å². The third-order valence-corrected chi connectivity index (χ3v) is 2.67. The van der Waals surface area contributed by atoms with Crippen molar-refractivity contribution in [3.63, 3.8) is 0 Å². The van der Waals surface area contributed by atoms with Crippen LogP contribution >= 0.6 is 0 Å². The van der Waals surface area contributed by atoms with E-state index in [2.05, 4.69) is 20.3 Å². The van der Waals surface area contributed by atoms with E-state index in [0.717, 1.165) is 0 Å². The minimum absolute atomic E-state index is 0.0399. The quantitative estimate of drug-likeness (QED) is 0.650. The van der Waals surface area contributed by atoms with E-state index in [-0.39, 0.29) is 17.7 Å². The summed E-state index contributed by atoms with van der Waals surface area (Å²) < 4.78 is 2.97. The summed E-state index contributed by atoms with van der Waals surface area (Å²) >= 11 is 0. The molecule has 18 heavy (non-hydrogen) atoms. The van der Waals surface area contributed by atoms with E-state index in [1.165, 1.54) is 15.4 Å². The van der Waals surface area contributed by atoms with Crippen LogP contribution in [0, 0.1) is 0 Å². The van der Waals surface area contributed by atoms with Crippen LogP contribution in [-0.2, 0) is 6.54 Å². The number of rotatable bonds is 3. The number of aliphatic hydroxyl groups excluding tert-OH is 1. The van der Waals surface area contributed by atoms with Crippen molar-refractivity contribution in [2.24, 2.45) is 0 Å². The standard InChI is InChI=1S/C10H10N6O2/c17-5-1-3-15-4-2-7-8(9(15)18)13-14-10-11-6-12-16(7)10/h2,4,6,17H,1,3,5H2. The zero-order chi connectivity index (χ0) is 12.5. The molecule has 0 bridgehead atoms. The monoisotopic (exact) mass is 246 g/mol. The average Bonchev–Trinajstić information content (AvgIpc) is 2.86. The Morgan fingerprint density at radius 2 is 2.22 bits per heavy atom. The Bertz CT molecular complexity index is 762. The molecular weight excluding hydrogens is 236 g/mol. The summed E-state index contributed by atoms with van der Waals surface area (Å²) in [6.45, 7) is 0.487. The Hall–Kier alpha value is -2.35. The van der Waals surface area contributed by atoms with Crippen molar-refractivity contribution in [3.8, 4) is 0 Å². The molecular formula is C10H10N6O2. The largest absolute Gasteiger partial charge is 0.396 e. The molecule has 0 aliphatic rings. The average molecular weight is 246 g/mol. The van der Waals surface area contributed by atoms with Crippen LogP contribution in [0.4, 0.5) is 0 Å². The van der Waals surface area contributed by atoms with Gasteiger partial charge in [-0.05, 0) is 12.5 Å². The lowest BCUT2D eigenvalue weighted by molar-refractivity contribution is 0.279. The van der Waals surface area contributed by atoms with E-state index >= 15 is 0 Å². The summed E-state index contributed by atoms with van der Waals surface area (Å²) in [6.07, 6.45) is 3.54. The van der Waals surface area contributed by atoms with Gasteiger partial charge in [-0.1, -0.05) is 0 Å². The number of nitrogens with zero attached hydrogens (tertiary/aromatic N) is 6. The van der Waals surface area contributed by atoms with Gasteiger partial charge in [0, 0.05) is 19.3 Å². The molecule has 8 heteroatoms. The van der Waals surface area contributed by atoms with E-state index in [0.29, 0.717) is 24.3 Å². The Morgan fingerprint density at radius 3 is 3.06 bits per heavy atom. The van der Waals surface area contributed by atoms with Gasteiger partial charge in [-0.2, -0.15) is 14.6 Å². The molecule has 0 fully saturated rings. The summed E-state index contributed by atoms with van der Waals surface area (Å²) in [7, 11) is 0. The Morgan fingerprint density at radius 1 is 1.33 bits per heavy atom. The molecule has 0 unspecified atom stereocenters. The van der Waals surface area contributed by atoms with Crippen LogP contribution < -0.4 is 5.56 Å². The molecule has 0 aromatic carbocycles. The lowest BCUT2D eigenvalue weighted by atomic mass is 10.3. The number of pyridine rings is 1. The maximum absolute atomic E-state index is 12.1. The van der Waals surface area contributed by atoms with Crippen molar-refractivity contribution in [2.45, 2.75) is 13.0 Å². The van der Waals surface area contributed by atoms with Gasteiger partial charge in [0.25, 0.3) is 11.3 Å². The molecule has 3 heterocycles. The topological polar surface area (TPSA) is 98.2 Å². The smallest absolute Gasteiger partial charge is 0.280 e. The molecule has 0 amide bonds. The van der Waals surface area contributed by atoms with Gasteiger partial charge in [0.2, 0.25) is 0 Å². The Labute approximate surface area is 101 Å². The zero-order valence-electron chi connectivity index (χ0n) is 9.39. The number of aryl methyl sites for hydroxylation is 1. The van der Waals surface area contributed by atoms with Crippen molar-refractivity contribution in [1.29, 1.82) is 0 Å². The van der Waals surface area contributed by atoms with Gasteiger partial charge < -0.3 is 9.67 Å². The van der Waals surface area contributed by atoms with E-state index in [1.54, 1.807) is 12.3 Å². The van der Waals surface area contributed by atoms with Crippen molar-refractivity contribution in [2.75, 3.05) is 6.61 Å². The van der Waals surface area contributed by atoms with Crippen molar-refractivity contribution < 1.29 is 5.11 Å². The van der Waals surface area contributed by atoms with Crippen LogP contribution in [-0.4, -0.2) is 41.1 Å². The normalized spacial score (nSPS) is 11.4. The van der Waals surface area contributed by atoms with Gasteiger partial charge in [-0.15, -0.1) is 10.2 Å². The van der Waals surface area contributed by atoms with Crippen LogP contribution in [0.2, 0.25) is 0 Å². The van der Waals surface area contributed by atoms with Crippen LogP contribution in [0.5, 0.6) is 0 Å². The minimum Gasteiger partial charge on any atom is -0.396 e. The van der Waals surface area contributed by atoms with Crippen molar-refractivity contribution in [3.05, 3.63) is 28.9 Å². The molecule has 0 atom stereocenters. The maximum Gasteiger partial charge on any atom is 0.280 e. The van der Waals surface area contributed by atoms with Gasteiger partial charge in [0.1, 0.15) is 11.8 Å². The van der Waals surface area contributed by atoms with Crippen LogP contribution in [0.1, 0.15) is 6.42 Å². The second kappa shape index (κ2) is 4.15. The molecule has 3 rings (SSSR count). The van der Waals surface area contributed by atoms with Gasteiger partial charge in [0.15, 0.2) is 5.52 Å². The number of hydrogen-bond acceptors (Lipinski definition) is 6. The van der Waals surface area contributed by atoms with Crippen LogP contribution in [0.15, 0.2) is 23.4 Å². The Kier molecular flexibility index (Phi) is 2.49. The second-order valence-electron chi connectivity index (χ2n) is 3.80. The van der Waals surface area contributed by atoms with E-state index < -0.39 is 0 Å². The highest BCUT2D eigenvalue weighted by Gasteiger charge is 2.09. The molecule has 0 radical (unpaired) electrons. The summed E-state index contributed by atoms with van der Waals surface area (Å²) in [5.74, 6) is 0.356. The molecule has 1 N–H and O–H groups in total. The van der Waals surface area contributed by atoms with Crippen molar-refractivity contribution in [1.82, 2.24) is 29.4 Å². The van der Waals surface area contributed by atoms with Gasteiger partial charge >= 0.3 is 0 Å². The molecule has 0 aliphatic carbocycles. The first-order valence-corrected chi connectivity index (χ1v) is 5.47. The van der Waals surface area contributed by atoms with Crippen molar-refractivity contribution >= 4 is 16.8 Å². The predicted octanol–water partition coefficient (Wildman–Crippen LogP) is -0.783. The highest BCUT2D eigenvalue weighted by atomic mass is 16.3. The summed E-state index contributed by atoms with van der Waals surface area (Å²) in [5, 5.41) is 20.5. The first-order valence-electron chi connectivity index (χ1n) is 5.47. The molecule has 92 valence electrons. The fraction of sp³-hybridized carbons (Fsp3) is 0.300. The SMILES string of the molecule is O=c1c2nnc3ncnn3c2ccn1CCCO. The molecule has 0 spiro atoms. The third-order valence-electron chi connectivity index (χ3n) is 2.67. The molecule has 0 saturated heterocycles. The predicted molar refractivity (Wildman–Crippen MR) is 62.0 cm³/mol. The molecule has 0 saturated carbocycles. The number of hydrogen-bond donors (Lipinski definition) is 1. The maximum atomic E-state index is 12.1.